The molecule has 2 aromatic carbocycles. The van der Waals surface area contributed by atoms with Crippen LogP contribution < -0.4 is 10.1 Å². The van der Waals surface area contributed by atoms with E-state index in [4.69, 9.17) is 4.74 Å². The number of amides is 1. The minimum absolute atomic E-state index is 0.175. The van der Waals surface area contributed by atoms with Crippen molar-refractivity contribution in [3.05, 3.63) is 59.2 Å². The highest BCUT2D eigenvalue weighted by atomic mass is 32.2. The Morgan fingerprint density at radius 1 is 1.11 bits per heavy atom. The Hall–Kier alpha value is -2.38. The SMILES string of the molecule is CCN(CC)S(=O)(=O)c1cc(C(=O)NCCc2ccccc2OC)ccc1C. The van der Waals surface area contributed by atoms with Crippen molar-refractivity contribution in [3.63, 3.8) is 0 Å². The number of carbonyl (C=O) groups is 1. The number of hydrogen-bond acceptors (Lipinski definition) is 4. The molecule has 0 aromatic heterocycles. The second-order valence-corrected chi connectivity index (χ2v) is 8.29. The lowest BCUT2D eigenvalue weighted by molar-refractivity contribution is 0.0954. The average molecular weight is 405 g/mol. The van der Waals surface area contributed by atoms with Crippen LogP contribution >= 0.6 is 0 Å². The summed E-state index contributed by atoms with van der Waals surface area (Å²) >= 11 is 0. The molecule has 7 heteroatoms. The molecule has 1 N–H and O–H groups in total. The van der Waals surface area contributed by atoms with E-state index in [0.717, 1.165) is 11.3 Å². The number of ether oxygens (including phenoxy) is 1. The molecule has 0 spiro atoms. The van der Waals surface area contributed by atoms with Crippen LogP contribution in [-0.4, -0.2) is 45.4 Å². The molecule has 0 bridgehead atoms. The van der Waals surface area contributed by atoms with E-state index in [1.807, 2.05) is 24.3 Å². The number of sulfonamides is 1. The van der Waals surface area contributed by atoms with Gasteiger partial charge >= 0.3 is 0 Å². The highest BCUT2D eigenvalue weighted by Crippen LogP contribution is 2.21. The minimum Gasteiger partial charge on any atom is -0.496 e. The average Bonchev–Trinajstić information content (AvgIpc) is 2.69. The molecule has 0 unspecified atom stereocenters. The van der Waals surface area contributed by atoms with Crippen LogP contribution in [0, 0.1) is 6.92 Å². The fourth-order valence-electron chi connectivity index (χ4n) is 3.04. The predicted octanol–water partition coefficient (Wildman–Crippen LogP) is 3.01. The van der Waals surface area contributed by atoms with Gasteiger partial charge in [-0.15, -0.1) is 0 Å². The van der Waals surface area contributed by atoms with Gasteiger partial charge in [-0.25, -0.2) is 8.42 Å². The maximum atomic E-state index is 12.8. The summed E-state index contributed by atoms with van der Waals surface area (Å²) in [4.78, 5) is 12.7. The molecule has 0 aliphatic heterocycles. The van der Waals surface area contributed by atoms with Gasteiger partial charge in [0.05, 0.1) is 12.0 Å². The third-order valence-corrected chi connectivity index (χ3v) is 6.84. The molecular formula is C21H28N2O4S. The van der Waals surface area contributed by atoms with Gasteiger partial charge in [-0.1, -0.05) is 38.1 Å². The minimum atomic E-state index is -3.62. The lowest BCUT2D eigenvalue weighted by Crippen LogP contribution is -2.31. The van der Waals surface area contributed by atoms with Crippen molar-refractivity contribution in [2.75, 3.05) is 26.7 Å². The van der Waals surface area contributed by atoms with Crippen LogP contribution in [0.5, 0.6) is 5.75 Å². The molecule has 0 aliphatic carbocycles. The number of rotatable bonds is 9. The van der Waals surface area contributed by atoms with Crippen LogP contribution in [0.2, 0.25) is 0 Å². The smallest absolute Gasteiger partial charge is 0.251 e. The normalized spacial score (nSPS) is 11.5. The van der Waals surface area contributed by atoms with E-state index in [2.05, 4.69) is 5.32 Å². The third-order valence-electron chi connectivity index (χ3n) is 4.65. The molecule has 0 heterocycles. The van der Waals surface area contributed by atoms with Crippen molar-refractivity contribution < 1.29 is 17.9 Å². The van der Waals surface area contributed by atoms with Gasteiger partial charge in [0.1, 0.15) is 5.75 Å². The molecule has 6 nitrogen and oxygen atoms in total. The summed E-state index contributed by atoms with van der Waals surface area (Å²) in [6.45, 7) is 6.52. The fraction of sp³-hybridized carbons (Fsp3) is 0.381. The molecule has 0 radical (unpaired) electrons. The van der Waals surface area contributed by atoms with Crippen molar-refractivity contribution in [2.45, 2.75) is 32.1 Å². The van der Waals surface area contributed by atoms with E-state index in [9.17, 15) is 13.2 Å². The summed E-state index contributed by atoms with van der Waals surface area (Å²) in [6, 6.07) is 12.4. The number of aryl methyl sites for hydroxylation is 1. The van der Waals surface area contributed by atoms with Crippen molar-refractivity contribution in [1.29, 1.82) is 0 Å². The Bertz CT molecular complexity index is 922. The Labute approximate surface area is 167 Å². The quantitative estimate of drug-likeness (QED) is 0.697. The molecule has 0 saturated carbocycles. The Morgan fingerprint density at radius 3 is 2.43 bits per heavy atom. The maximum Gasteiger partial charge on any atom is 0.251 e. The number of nitrogens with one attached hydrogen (secondary N) is 1. The number of para-hydroxylation sites is 1. The Balaban J connectivity index is 2.14. The van der Waals surface area contributed by atoms with Gasteiger partial charge in [0.15, 0.2) is 0 Å². The number of hydrogen-bond donors (Lipinski definition) is 1. The second-order valence-electron chi connectivity index (χ2n) is 6.39. The van der Waals surface area contributed by atoms with E-state index < -0.39 is 10.0 Å². The Morgan fingerprint density at radius 2 is 1.79 bits per heavy atom. The zero-order valence-electron chi connectivity index (χ0n) is 16.9. The molecule has 0 aliphatic rings. The van der Waals surface area contributed by atoms with E-state index >= 15 is 0 Å². The summed E-state index contributed by atoms with van der Waals surface area (Å²) < 4.78 is 32.4. The number of carbonyl (C=O) groups excluding carboxylic acids is 1. The number of methoxy groups -OCH3 is 1. The molecule has 1 amide bonds. The summed E-state index contributed by atoms with van der Waals surface area (Å²) in [5, 5.41) is 2.85. The number of benzene rings is 2. The summed E-state index contributed by atoms with van der Waals surface area (Å²) in [5.41, 5.74) is 1.95. The molecular weight excluding hydrogens is 376 g/mol. The van der Waals surface area contributed by atoms with Gasteiger partial charge in [0, 0.05) is 25.2 Å². The van der Waals surface area contributed by atoms with Crippen LogP contribution in [0.3, 0.4) is 0 Å². The van der Waals surface area contributed by atoms with Crippen molar-refractivity contribution in [2.24, 2.45) is 0 Å². The van der Waals surface area contributed by atoms with Gasteiger partial charge in [0.25, 0.3) is 5.91 Å². The third kappa shape index (κ3) is 4.91. The molecule has 2 rings (SSSR count). The lowest BCUT2D eigenvalue weighted by atomic mass is 10.1. The Kier molecular flexibility index (Phi) is 7.60. The lowest BCUT2D eigenvalue weighted by Gasteiger charge is -2.20. The van der Waals surface area contributed by atoms with Crippen LogP contribution in [0.25, 0.3) is 0 Å². The van der Waals surface area contributed by atoms with Crippen LogP contribution in [-0.2, 0) is 16.4 Å². The zero-order valence-corrected chi connectivity index (χ0v) is 17.7. The van der Waals surface area contributed by atoms with E-state index in [-0.39, 0.29) is 10.8 Å². The van der Waals surface area contributed by atoms with Crippen molar-refractivity contribution in [3.8, 4) is 5.75 Å². The van der Waals surface area contributed by atoms with Gasteiger partial charge < -0.3 is 10.1 Å². The molecule has 2 aromatic rings. The van der Waals surface area contributed by atoms with Gasteiger partial charge in [0.2, 0.25) is 10.0 Å². The van der Waals surface area contributed by atoms with Crippen LogP contribution in [0.1, 0.15) is 35.3 Å². The van der Waals surface area contributed by atoms with Gasteiger partial charge in [-0.2, -0.15) is 4.31 Å². The molecule has 0 fully saturated rings. The number of nitrogens with zero attached hydrogens (tertiary/aromatic N) is 1. The topological polar surface area (TPSA) is 75.7 Å². The van der Waals surface area contributed by atoms with Gasteiger partial charge in [-0.05, 0) is 42.7 Å². The van der Waals surface area contributed by atoms with Crippen LogP contribution in [0.4, 0.5) is 0 Å². The second kappa shape index (κ2) is 9.71. The predicted molar refractivity (Wildman–Crippen MR) is 110 cm³/mol. The van der Waals surface area contributed by atoms with Crippen molar-refractivity contribution >= 4 is 15.9 Å². The fourth-order valence-corrected chi connectivity index (χ4v) is 4.75. The molecule has 152 valence electrons. The molecule has 28 heavy (non-hydrogen) atoms. The molecule has 0 saturated heterocycles. The highest BCUT2D eigenvalue weighted by molar-refractivity contribution is 7.89. The molecule has 0 atom stereocenters. The first-order chi connectivity index (χ1) is 13.3. The summed E-state index contributed by atoms with van der Waals surface area (Å²) in [5.74, 6) is 0.477. The first-order valence-corrected chi connectivity index (χ1v) is 10.8. The van der Waals surface area contributed by atoms with Gasteiger partial charge in [-0.3, -0.25) is 4.79 Å². The first-order valence-electron chi connectivity index (χ1n) is 9.36. The van der Waals surface area contributed by atoms with E-state index in [1.54, 1.807) is 40.0 Å². The largest absolute Gasteiger partial charge is 0.496 e. The summed E-state index contributed by atoms with van der Waals surface area (Å²) in [6.07, 6.45) is 0.617. The first kappa shape index (κ1) is 21.9. The maximum absolute atomic E-state index is 12.8. The highest BCUT2D eigenvalue weighted by Gasteiger charge is 2.24. The summed E-state index contributed by atoms with van der Waals surface area (Å²) in [7, 11) is -2.01. The van der Waals surface area contributed by atoms with E-state index in [1.165, 1.54) is 10.4 Å². The van der Waals surface area contributed by atoms with Crippen molar-refractivity contribution in [1.82, 2.24) is 9.62 Å². The zero-order chi connectivity index (χ0) is 20.7. The monoisotopic (exact) mass is 404 g/mol. The van der Waals surface area contributed by atoms with E-state index in [0.29, 0.717) is 37.2 Å². The standard InChI is InChI=1S/C21H28N2O4S/c1-5-23(6-2)28(25,26)20-15-18(12-11-16(20)3)21(24)22-14-13-17-9-7-8-10-19(17)27-4/h7-12,15H,5-6,13-14H2,1-4H3,(H,22,24). The van der Waals surface area contributed by atoms with Crippen LogP contribution in [0.15, 0.2) is 47.4 Å².